The Hall–Kier alpha value is -1.36. The summed E-state index contributed by atoms with van der Waals surface area (Å²) < 4.78 is 2.14. The lowest BCUT2D eigenvalue weighted by molar-refractivity contribution is 0.683. The predicted molar refractivity (Wildman–Crippen MR) is 106 cm³/mol. The number of halogens is 1. The van der Waals surface area contributed by atoms with Gasteiger partial charge in [0.05, 0.1) is 6.33 Å². The molecule has 0 fully saturated rings. The van der Waals surface area contributed by atoms with E-state index in [0.717, 1.165) is 17.3 Å². The van der Waals surface area contributed by atoms with Crippen molar-refractivity contribution in [2.24, 2.45) is 0 Å². The molecule has 124 valence electrons. The molecule has 1 aromatic heterocycles. The van der Waals surface area contributed by atoms with Gasteiger partial charge < -0.3 is 4.57 Å². The summed E-state index contributed by atoms with van der Waals surface area (Å²) >= 11 is 9.69. The van der Waals surface area contributed by atoms with Crippen LogP contribution in [-0.4, -0.2) is 15.8 Å². The van der Waals surface area contributed by atoms with Gasteiger partial charge in [0, 0.05) is 39.9 Å². The minimum atomic E-state index is 0.380. The molecule has 0 aliphatic heterocycles. The van der Waals surface area contributed by atoms with E-state index >= 15 is 0 Å². The van der Waals surface area contributed by atoms with Crippen LogP contribution < -0.4 is 0 Å². The fraction of sp³-hybridized carbons (Fsp3) is 0.211. The number of imidazole rings is 1. The highest BCUT2D eigenvalue weighted by atomic mass is 35.5. The van der Waals surface area contributed by atoms with E-state index in [-0.39, 0.29) is 0 Å². The molecule has 0 saturated heterocycles. The molecule has 24 heavy (non-hydrogen) atoms. The summed E-state index contributed by atoms with van der Waals surface area (Å²) in [6.07, 6.45) is 7.84. The molecule has 3 aromatic rings. The molecule has 0 radical (unpaired) electrons. The van der Waals surface area contributed by atoms with Crippen LogP contribution in [0.2, 0.25) is 5.02 Å². The highest BCUT2D eigenvalue weighted by molar-refractivity contribution is 7.99. The van der Waals surface area contributed by atoms with Crippen LogP contribution in [0.1, 0.15) is 16.4 Å². The van der Waals surface area contributed by atoms with Crippen LogP contribution in [0, 0.1) is 0 Å². The van der Waals surface area contributed by atoms with Crippen molar-refractivity contribution in [3.05, 3.63) is 83.4 Å². The number of hydrogen-bond acceptors (Lipinski definition) is 3. The van der Waals surface area contributed by atoms with Gasteiger partial charge in [-0.3, -0.25) is 0 Å². The first-order valence-electron chi connectivity index (χ1n) is 7.70. The van der Waals surface area contributed by atoms with E-state index in [1.807, 2.05) is 42.6 Å². The molecule has 1 atom stereocenters. The second-order valence-corrected chi connectivity index (χ2v) is 7.97. The normalized spacial score (nSPS) is 12.2. The molecule has 5 heteroatoms. The van der Waals surface area contributed by atoms with Crippen LogP contribution in [0.5, 0.6) is 0 Å². The Morgan fingerprint density at radius 3 is 2.46 bits per heavy atom. The Kier molecular flexibility index (Phi) is 6.30. The Bertz CT molecular complexity index is 740. The van der Waals surface area contributed by atoms with Crippen molar-refractivity contribution in [3.8, 4) is 0 Å². The molecule has 0 spiro atoms. The second-order valence-electron chi connectivity index (χ2n) is 5.46. The zero-order valence-corrected chi connectivity index (χ0v) is 15.8. The standard InChI is InChI=1S/C19H19ClN2S2/c1-23-18-8-4-16(5-9-18)19(12-22-11-10-21-14-22)24-13-15-2-6-17(20)7-3-15/h2-11,14,19H,12-13H2,1H3. The van der Waals surface area contributed by atoms with Crippen molar-refractivity contribution < 1.29 is 0 Å². The molecule has 0 saturated carbocycles. The monoisotopic (exact) mass is 374 g/mol. The highest BCUT2D eigenvalue weighted by Gasteiger charge is 2.13. The van der Waals surface area contributed by atoms with E-state index in [0.29, 0.717) is 5.25 Å². The first-order valence-corrected chi connectivity index (χ1v) is 10.4. The summed E-state index contributed by atoms with van der Waals surface area (Å²) in [4.78, 5) is 5.45. The van der Waals surface area contributed by atoms with E-state index in [1.54, 1.807) is 11.8 Å². The molecule has 0 N–H and O–H groups in total. The maximum atomic E-state index is 5.97. The van der Waals surface area contributed by atoms with Crippen molar-refractivity contribution in [3.63, 3.8) is 0 Å². The van der Waals surface area contributed by atoms with Crippen LogP contribution in [0.4, 0.5) is 0 Å². The van der Waals surface area contributed by atoms with Crippen LogP contribution in [0.25, 0.3) is 0 Å². The number of benzene rings is 2. The summed E-state index contributed by atoms with van der Waals surface area (Å²) in [7, 11) is 0. The maximum Gasteiger partial charge on any atom is 0.0946 e. The molecule has 2 aromatic carbocycles. The smallest absolute Gasteiger partial charge is 0.0946 e. The summed E-state index contributed by atoms with van der Waals surface area (Å²) in [6.45, 7) is 0.914. The molecular weight excluding hydrogens is 356 g/mol. The molecule has 2 nitrogen and oxygen atoms in total. The van der Waals surface area contributed by atoms with Gasteiger partial charge in [-0.2, -0.15) is 0 Å². The summed E-state index contributed by atoms with van der Waals surface area (Å²) in [5.41, 5.74) is 2.64. The third-order valence-corrected chi connectivity index (χ3v) is 6.11. The van der Waals surface area contributed by atoms with Gasteiger partial charge in [0.15, 0.2) is 0 Å². The van der Waals surface area contributed by atoms with Crippen molar-refractivity contribution >= 4 is 35.1 Å². The topological polar surface area (TPSA) is 17.8 Å². The quantitative estimate of drug-likeness (QED) is 0.477. The van der Waals surface area contributed by atoms with E-state index in [2.05, 4.69) is 52.2 Å². The van der Waals surface area contributed by atoms with Gasteiger partial charge in [-0.15, -0.1) is 23.5 Å². The van der Waals surface area contributed by atoms with Gasteiger partial charge in [-0.25, -0.2) is 4.98 Å². The molecule has 0 bridgehead atoms. The average molecular weight is 375 g/mol. The second kappa shape index (κ2) is 8.65. The molecule has 3 rings (SSSR count). The fourth-order valence-electron chi connectivity index (χ4n) is 2.44. The van der Waals surface area contributed by atoms with Crippen LogP contribution in [0.3, 0.4) is 0 Å². The minimum Gasteiger partial charge on any atom is -0.336 e. The van der Waals surface area contributed by atoms with E-state index < -0.39 is 0 Å². The van der Waals surface area contributed by atoms with Crippen LogP contribution in [-0.2, 0) is 12.3 Å². The van der Waals surface area contributed by atoms with Crippen molar-refractivity contribution in [1.29, 1.82) is 0 Å². The van der Waals surface area contributed by atoms with Crippen LogP contribution in [0.15, 0.2) is 72.1 Å². The number of hydrogen-bond donors (Lipinski definition) is 0. The molecule has 1 unspecified atom stereocenters. The number of rotatable bonds is 7. The van der Waals surface area contributed by atoms with Gasteiger partial charge in [0.2, 0.25) is 0 Å². The summed E-state index contributed by atoms with van der Waals surface area (Å²) in [6, 6.07) is 17.0. The lowest BCUT2D eigenvalue weighted by atomic mass is 10.1. The van der Waals surface area contributed by atoms with Gasteiger partial charge in [0.25, 0.3) is 0 Å². The highest BCUT2D eigenvalue weighted by Crippen LogP contribution is 2.34. The fourth-order valence-corrected chi connectivity index (χ4v) is 4.18. The molecule has 0 amide bonds. The maximum absolute atomic E-state index is 5.97. The van der Waals surface area contributed by atoms with Gasteiger partial charge >= 0.3 is 0 Å². The van der Waals surface area contributed by atoms with Crippen LogP contribution >= 0.6 is 35.1 Å². The van der Waals surface area contributed by atoms with Gasteiger partial charge in [-0.05, 0) is 41.6 Å². The SMILES string of the molecule is CSc1ccc(C(Cn2ccnc2)SCc2ccc(Cl)cc2)cc1. The van der Waals surface area contributed by atoms with Crippen molar-refractivity contribution in [2.45, 2.75) is 22.4 Å². The minimum absolute atomic E-state index is 0.380. The average Bonchev–Trinajstić information content (AvgIpc) is 3.13. The summed E-state index contributed by atoms with van der Waals surface area (Å²) in [5.74, 6) is 0.959. The first-order chi connectivity index (χ1) is 11.7. The molecule has 1 heterocycles. The van der Waals surface area contributed by atoms with Crippen molar-refractivity contribution in [2.75, 3.05) is 6.26 Å². The summed E-state index contributed by atoms with van der Waals surface area (Å²) in [5, 5.41) is 1.16. The third-order valence-electron chi connectivity index (χ3n) is 3.79. The largest absolute Gasteiger partial charge is 0.336 e. The lowest BCUT2D eigenvalue weighted by Crippen LogP contribution is -2.05. The number of aromatic nitrogens is 2. The Balaban J connectivity index is 1.74. The van der Waals surface area contributed by atoms with E-state index in [4.69, 9.17) is 11.6 Å². The number of nitrogens with zero attached hydrogens (tertiary/aromatic N) is 2. The van der Waals surface area contributed by atoms with Gasteiger partial charge in [-0.1, -0.05) is 35.9 Å². The molecule has 0 aliphatic carbocycles. The molecule has 0 aliphatic rings. The zero-order valence-electron chi connectivity index (χ0n) is 13.4. The molecular formula is C19H19ClN2S2. The third kappa shape index (κ3) is 4.82. The van der Waals surface area contributed by atoms with Crippen molar-refractivity contribution in [1.82, 2.24) is 9.55 Å². The van der Waals surface area contributed by atoms with E-state index in [9.17, 15) is 0 Å². The zero-order chi connectivity index (χ0) is 16.8. The predicted octanol–water partition coefficient (Wildman–Crippen LogP) is 5.93. The Morgan fingerprint density at radius 2 is 1.83 bits per heavy atom. The lowest BCUT2D eigenvalue weighted by Gasteiger charge is -2.18. The Labute approximate surface area is 156 Å². The van der Waals surface area contributed by atoms with Gasteiger partial charge in [0.1, 0.15) is 0 Å². The van der Waals surface area contributed by atoms with E-state index in [1.165, 1.54) is 16.0 Å². The Morgan fingerprint density at radius 1 is 1.08 bits per heavy atom. The number of thioether (sulfide) groups is 2. The first kappa shape index (κ1) is 17.5.